The van der Waals surface area contributed by atoms with E-state index in [9.17, 15) is 14.7 Å². The minimum absolute atomic E-state index is 0.00176. The van der Waals surface area contributed by atoms with Gasteiger partial charge in [0.15, 0.2) is 17.2 Å². The summed E-state index contributed by atoms with van der Waals surface area (Å²) in [5.74, 6) is 1.19. The molecule has 0 aromatic heterocycles. The number of halogens is 2. The Labute approximate surface area is 309 Å². The van der Waals surface area contributed by atoms with Crippen LogP contribution in [0.5, 0.6) is 23.0 Å². The molecule has 1 heterocycles. The van der Waals surface area contributed by atoms with E-state index in [1.165, 1.54) is 0 Å². The van der Waals surface area contributed by atoms with Gasteiger partial charge < -0.3 is 39.0 Å². The van der Waals surface area contributed by atoms with Crippen molar-refractivity contribution < 1.29 is 38.4 Å². The molecule has 1 amide bonds. The number of aryl methyl sites for hydroxylation is 1. The molecule has 0 bridgehead atoms. The second kappa shape index (κ2) is 17.2. The van der Waals surface area contributed by atoms with Gasteiger partial charge in [0.2, 0.25) is 5.91 Å². The fraction of sp³-hybridized carbons (Fsp3) is 0.487. The monoisotopic (exact) mass is 740 g/mol. The third kappa shape index (κ3) is 9.80. The van der Waals surface area contributed by atoms with E-state index < -0.39 is 5.97 Å². The van der Waals surface area contributed by atoms with Gasteiger partial charge in [-0.05, 0) is 98.2 Å². The van der Waals surface area contributed by atoms with Crippen molar-refractivity contribution in [2.75, 3.05) is 53.2 Å². The van der Waals surface area contributed by atoms with E-state index in [0.29, 0.717) is 73.2 Å². The molecule has 274 valence electrons. The predicted octanol–water partition coefficient (Wildman–Crippen LogP) is 6.77. The lowest BCUT2D eigenvalue weighted by Crippen LogP contribution is -2.47. The Hall–Kier alpha value is -3.70. The van der Waals surface area contributed by atoms with E-state index >= 15 is 0 Å². The number of hydrogen-bond acceptors (Lipinski definition) is 8. The highest BCUT2D eigenvalue weighted by atomic mass is 35.5. The summed E-state index contributed by atoms with van der Waals surface area (Å²) in [5.41, 5.74) is 3.02. The first-order chi connectivity index (χ1) is 24.7. The maximum Gasteiger partial charge on any atom is 0.306 e. The Morgan fingerprint density at radius 3 is 2.27 bits per heavy atom. The first-order valence-electron chi connectivity index (χ1n) is 17.6. The molecule has 1 aliphatic heterocycles. The number of amides is 1. The van der Waals surface area contributed by atoms with E-state index in [4.69, 9.17) is 46.9 Å². The summed E-state index contributed by atoms with van der Waals surface area (Å²) in [4.78, 5) is 27.6. The molecule has 1 saturated heterocycles. The smallest absolute Gasteiger partial charge is 0.306 e. The van der Waals surface area contributed by atoms with E-state index in [0.717, 1.165) is 48.2 Å². The number of ether oxygens (including phenoxy) is 5. The van der Waals surface area contributed by atoms with Crippen molar-refractivity contribution in [3.8, 4) is 23.0 Å². The highest BCUT2D eigenvalue weighted by molar-refractivity contribution is 6.37. The summed E-state index contributed by atoms with van der Waals surface area (Å²) >= 11 is 12.6. The first-order valence-corrected chi connectivity index (χ1v) is 18.4. The van der Waals surface area contributed by atoms with Gasteiger partial charge in [-0.1, -0.05) is 41.4 Å². The van der Waals surface area contributed by atoms with Gasteiger partial charge >= 0.3 is 5.97 Å². The van der Waals surface area contributed by atoms with Crippen LogP contribution in [0.3, 0.4) is 0 Å². The van der Waals surface area contributed by atoms with Crippen LogP contribution in [0.1, 0.15) is 48.3 Å². The van der Waals surface area contributed by atoms with Crippen molar-refractivity contribution in [3.63, 3.8) is 0 Å². The van der Waals surface area contributed by atoms with Crippen LogP contribution in [0.25, 0.3) is 0 Å². The third-order valence-electron chi connectivity index (χ3n) is 9.72. The Balaban J connectivity index is 1.08. The van der Waals surface area contributed by atoms with Crippen molar-refractivity contribution in [2.45, 2.75) is 51.1 Å². The highest BCUT2D eigenvalue weighted by Crippen LogP contribution is 2.41. The zero-order chi connectivity index (χ0) is 35.9. The average molecular weight is 742 g/mol. The number of carboxylic acid groups (broad SMARTS) is 1. The number of benzene rings is 3. The molecule has 3 aromatic rings. The second-order valence-electron chi connectivity index (χ2n) is 13.6. The van der Waals surface area contributed by atoms with Crippen LogP contribution in [0.15, 0.2) is 54.6 Å². The van der Waals surface area contributed by atoms with Gasteiger partial charge in [0.05, 0.1) is 35.1 Å². The number of nitrogens with zero attached hydrogens (tertiary/aromatic N) is 1. The zero-order valence-corrected chi connectivity index (χ0v) is 30.6. The molecular formula is C39H46Cl2N2O8. The van der Waals surface area contributed by atoms with Crippen molar-refractivity contribution in [1.82, 2.24) is 10.2 Å². The number of rotatable bonds is 18. The first kappa shape index (κ1) is 37.1. The fourth-order valence-corrected chi connectivity index (χ4v) is 7.39. The van der Waals surface area contributed by atoms with Crippen LogP contribution in [-0.4, -0.2) is 81.2 Å². The quantitative estimate of drug-likeness (QED) is 0.136. The zero-order valence-electron chi connectivity index (χ0n) is 29.1. The number of aliphatic carboxylic acids is 1. The molecule has 2 saturated carbocycles. The maximum atomic E-state index is 14.3. The molecule has 51 heavy (non-hydrogen) atoms. The van der Waals surface area contributed by atoms with Gasteiger partial charge in [0.25, 0.3) is 0 Å². The molecule has 2 aliphatic carbocycles. The Kier molecular flexibility index (Phi) is 12.5. The minimum atomic E-state index is -0.782. The minimum Gasteiger partial charge on any atom is -0.490 e. The molecule has 3 aliphatic rings. The number of carbonyl (C=O) groups is 2. The summed E-state index contributed by atoms with van der Waals surface area (Å²) in [6.07, 6.45) is 3.45. The van der Waals surface area contributed by atoms with Gasteiger partial charge in [-0.15, -0.1) is 0 Å². The Bertz CT molecular complexity index is 1640. The Morgan fingerprint density at radius 1 is 0.863 bits per heavy atom. The summed E-state index contributed by atoms with van der Waals surface area (Å²) in [7, 11) is 1.61. The normalized spacial score (nSPS) is 21.1. The maximum absolute atomic E-state index is 14.3. The molecule has 0 spiro atoms. The lowest BCUT2D eigenvalue weighted by Gasteiger charge is -2.36. The average Bonchev–Trinajstić information content (AvgIpc) is 4.05. The SMILES string of the molecule is COCCOc1cc(CN(C(=O)[C@H]2CNCC[C@@H]2c2ccc(OCCOc3c(Cl)cc(C)cc3Cl)cc2)C2CC2)ccc1OC[C@H]1C[C@@H]1C(=O)O. The predicted molar refractivity (Wildman–Crippen MR) is 194 cm³/mol. The largest absolute Gasteiger partial charge is 0.490 e. The third-order valence-corrected chi connectivity index (χ3v) is 10.3. The lowest BCUT2D eigenvalue weighted by molar-refractivity contribution is -0.139. The molecule has 0 unspecified atom stereocenters. The van der Waals surface area contributed by atoms with Gasteiger partial charge in [0, 0.05) is 32.2 Å². The van der Waals surface area contributed by atoms with Gasteiger partial charge in [-0.3, -0.25) is 9.59 Å². The molecule has 0 radical (unpaired) electrons. The molecular weight excluding hydrogens is 695 g/mol. The van der Waals surface area contributed by atoms with Crippen LogP contribution < -0.4 is 24.3 Å². The van der Waals surface area contributed by atoms with Crippen LogP contribution in [0, 0.1) is 24.7 Å². The van der Waals surface area contributed by atoms with Crippen LogP contribution in [0.4, 0.5) is 0 Å². The number of carbonyl (C=O) groups excluding carboxylic acids is 1. The topological polar surface area (TPSA) is 116 Å². The van der Waals surface area contributed by atoms with Crippen molar-refractivity contribution in [2.24, 2.45) is 17.8 Å². The Morgan fingerprint density at radius 2 is 1.59 bits per heavy atom. The van der Waals surface area contributed by atoms with Crippen molar-refractivity contribution in [3.05, 3.63) is 81.3 Å². The summed E-state index contributed by atoms with van der Waals surface area (Å²) < 4.78 is 28.9. The number of piperidine rings is 1. The summed E-state index contributed by atoms with van der Waals surface area (Å²) in [5, 5.41) is 13.7. The van der Waals surface area contributed by atoms with Crippen molar-refractivity contribution in [1.29, 1.82) is 0 Å². The molecule has 4 atom stereocenters. The molecule has 3 aromatic carbocycles. The van der Waals surface area contributed by atoms with E-state index in [1.807, 2.05) is 54.3 Å². The molecule has 12 heteroatoms. The summed E-state index contributed by atoms with van der Waals surface area (Å²) in [6, 6.07) is 17.6. The van der Waals surface area contributed by atoms with Crippen molar-refractivity contribution >= 4 is 35.1 Å². The molecule has 2 N–H and O–H groups in total. The van der Waals surface area contributed by atoms with Gasteiger partial charge in [-0.2, -0.15) is 0 Å². The molecule has 10 nitrogen and oxygen atoms in total. The van der Waals surface area contributed by atoms with E-state index in [2.05, 4.69) is 17.4 Å². The standard InChI is InChI=1S/C39H46Cl2N2O8/c1-24-17-33(40)37(34(41)18-24)50-16-15-48-29-8-4-26(5-9-29)30-11-12-42-21-32(30)38(44)43(28-6-7-28)22-25-3-10-35(36(19-25)49-14-13-47-2)51-23-27-20-31(27)39(45)46/h3-5,8-10,17-19,27-28,30-32,42H,6-7,11-16,20-23H2,1-2H3,(H,45,46)/t27-,30-,31+,32+/m1/s1. The van der Waals surface area contributed by atoms with E-state index in [1.54, 1.807) is 7.11 Å². The number of methoxy groups -OCH3 is 1. The molecule has 3 fully saturated rings. The highest BCUT2D eigenvalue weighted by Gasteiger charge is 2.44. The number of carboxylic acids is 1. The molecule has 6 rings (SSSR count). The van der Waals surface area contributed by atoms with Crippen LogP contribution in [-0.2, 0) is 20.9 Å². The van der Waals surface area contributed by atoms with E-state index in [-0.39, 0.29) is 42.2 Å². The van der Waals surface area contributed by atoms with Crippen LogP contribution in [0.2, 0.25) is 10.0 Å². The number of hydrogen-bond donors (Lipinski definition) is 2. The van der Waals surface area contributed by atoms with Crippen LogP contribution >= 0.6 is 23.2 Å². The number of nitrogens with one attached hydrogen (secondary N) is 1. The second-order valence-corrected chi connectivity index (χ2v) is 14.4. The summed E-state index contributed by atoms with van der Waals surface area (Å²) in [6.45, 7) is 5.53. The fourth-order valence-electron chi connectivity index (χ4n) is 6.69. The van der Waals surface area contributed by atoms with Gasteiger partial charge in [0.1, 0.15) is 25.6 Å². The lowest BCUT2D eigenvalue weighted by atomic mass is 9.80. The van der Waals surface area contributed by atoms with Gasteiger partial charge in [-0.25, -0.2) is 0 Å².